The zero-order valence-electron chi connectivity index (χ0n) is 10.6. The number of halogens is 1. The average molecular weight is 264 g/mol. The summed E-state index contributed by atoms with van der Waals surface area (Å²) in [6.07, 6.45) is 3.93. The van der Waals surface area contributed by atoms with Crippen molar-refractivity contribution in [2.24, 2.45) is 0 Å². The summed E-state index contributed by atoms with van der Waals surface area (Å²) in [6.45, 7) is 4.17. The first-order valence-corrected chi connectivity index (χ1v) is 6.92. The SMILES string of the molecule is CC(Cc1cccs1)NC(C)c1cncc(F)c1. The average Bonchev–Trinajstić information content (AvgIpc) is 2.81. The van der Waals surface area contributed by atoms with Gasteiger partial charge < -0.3 is 5.32 Å². The molecular weight excluding hydrogens is 247 g/mol. The van der Waals surface area contributed by atoms with Crippen molar-refractivity contribution in [3.05, 3.63) is 52.2 Å². The molecule has 0 fully saturated rings. The van der Waals surface area contributed by atoms with Crippen molar-refractivity contribution >= 4 is 11.3 Å². The molecule has 2 rings (SSSR count). The fourth-order valence-electron chi connectivity index (χ4n) is 1.98. The fourth-order valence-corrected chi connectivity index (χ4v) is 2.81. The minimum Gasteiger partial charge on any atom is -0.307 e. The van der Waals surface area contributed by atoms with E-state index in [9.17, 15) is 4.39 Å². The van der Waals surface area contributed by atoms with Gasteiger partial charge in [-0.25, -0.2) is 4.39 Å². The molecule has 2 aromatic heterocycles. The summed E-state index contributed by atoms with van der Waals surface area (Å²) >= 11 is 1.76. The molecule has 18 heavy (non-hydrogen) atoms. The van der Waals surface area contributed by atoms with Gasteiger partial charge in [0.25, 0.3) is 0 Å². The zero-order valence-corrected chi connectivity index (χ0v) is 11.4. The number of aromatic nitrogens is 1. The van der Waals surface area contributed by atoms with Gasteiger partial charge in [-0.15, -0.1) is 11.3 Å². The van der Waals surface area contributed by atoms with Crippen LogP contribution in [0.2, 0.25) is 0 Å². The number of hydrogen-bond donors (Lipinski definition) is 1. The molecule has 0 aliphatic carbocycles. The van der Waals surface area contributed by atoms with Crippen molar-refractivity contribution in [1.29, 1.82) is 0 Å². The van der Waals surface area contributed by atoms with Crippen LogP contribution in [0.3, 0.4) is 0 Å². The molecule has 0 saturated carbocycles. The standard InChI is InChI=1S/C14H17FN2S/c1-10(6-14-4-3-5-18-14)17-11(2)12-7-13(15)9-16-8-12/h3-5,7-11,17H,6H2,1-2H3. The lowest BCUT2D eigenvalue weighted by Crippen LogP contribution is -2.30. The number of rotatable bonds is 5. The molecule has 2 atom stereocenters. The summed E-state index contributed by atoms with van der Waals surface area (Å²) in [4.78, 5) is 5.24. The second kappa shape index (κ2) is 6.07. The maximum atomic E-state index is 13.1. The number of thiophene rings is 1. The topological polar surface area (TPSA) is 24.9 Å². The summed E-state index contributed by atoms with van der Waals surface area (Å²) in [5.41, 5.74) is 0.882. The third kappa shape index (κ3) is 3.62. The molecule has 2 unspecified atom stereocenters. The number of nitrogens with zero attached hydrogens (tertiary/aromatic N) is 1. The maximum absolute atomic E-state index is 13.1. The molecule has 2 nitrogen and oxygen atoms in total. The van der Waals surface area contributed by atoms with Crippen LogP contribution in [0.4, 0.5) is 4.39 Å². The van der Waals surface area contributed by atoms with Gasteiger partial charge in [-0.2, -0.15) is 0 Å². The monoisotopic (exact) mass is 264 g/mol. The molecule has 1 N–H and O–H groups in total. The summed E-state index contributed by atoms with van der Waals surface area (Å²) in [5.74, 6) is -0.285. The first-order chi connectivity index (χ1) is 8.65. The van der Waals surface area contributed by atoms with Gasteiger partial charge in [-0.1, -0.05) is 6.07 Å². The molecule has 0 aliphatic rings. The molecule has 96 valence electrons. The largest absolute Gasteiger partial charge is 0.307 e. The molecule has 0 saturated heterocycles. The number of nitrogens with one attached hydrogen (secondary N) is 1. The van der Waals surface area contributed by atoms with Gasteiger partial charge in [-0.3, -0.25) is 4.98 Å². The summed E-state index contributed by atoms with van der Waals surface area (Å²) < 4.78 is 13.1. The third-order valence-corrected chi connectivity index (χ3v) is 3.75. The van der Waals surface area contributed by atoms with Crippen LogP contribution in [-0.2, 0) is 6.42 Å². The number of pyridine rings is 1. The highest BCUT2D eigenvalue weighted by Gasteiger charge is 2.11. The molecule has 0 bridgehead atoms. The van der Waals surface area contributed by atoms with E-state index in [-0.39, 0.29) is 11.9 Å². The lowest BCUT2D eigenvalue weighted by atomic mass is 10.1. The lowest BCUT2D eigenvalue weighted by molar-refractivity contribution is 0.475. The van der Waals surface area contributed by atoms with Crippen LogP contribution < -0.4 is 5.32 Å². The van der Waals surface area contributed by atoms with E-state index in [2.05, 4.69) is 34.7 Å². The molecule has 2 heterocycles. The van der Waals surface area contributed by atoms with Crippen LogP contribution >= 0.6 is 11.3 Å². The highest BCUT2D eigenvalue weighted by molar-refractivity contribution is 7.09. The van der Waals surface area contributed by atoms with E-state index in [1.54, 1.807) is 17.5 Å². The van der Waals surface area contributed by atoms with Crippen LogP contribution in [0.15, 0.2) is 36.0 Å². The minimum atomic E-state index is -0.285. The van der Waals surface area contributed by atoms with Gasteiger partial charge in [0.05, 0.1) is 6.20 Å². The summed E-state index contributed by atoms with van der Waals surface area (Å²) in [5, 5.41) is 5.55. The van der Waals surface area contributed by atoms with E-state index >= 15 is 0 Å². The Bertz CT molecular complexity index is 484. The van der Waals surface area contributed by atoms with Crippen molar-refractivity contribution in [1.82, 2.24) is 10.3 Å². The molecule has 0 radical (unpaired) electrons. The van der Waals surface area contributed by atoms with Crippen molar-refractivity contribution in [3.63, 3.8) is 0 Å². The van der Waals surface area contributed by atoms with Crippen molar-refractivity contribution in [2.45, 2.75) is 32.4 Å². The highest BCUT2D eigenvalue weighted by Crippen LogP contribution is 2.15. The van der Waals surface area contributed by atoms with Gasteiger partial charge in [0.1, 0.15) is 5.82 Å². The van der Waals surface area contributed by atoms with Gasteiger partial charge in [0.15, 0.2) is 0 Å². The van der Waals surface area contributed by atoms with Gasteiger partial charge in [0, 0.05) is 23.2 Å². The van der Waals surface area contributed by atoms with E-state index in [4.69, 9.17) is 0 Å². The van der Waals surface area contributed by atoms with Gasteiger partial charge >= 0.3 is 0 Å². The Morgan fingerprint density at radius 3 is 2.89 bits per heavy atom. The molecule has 2 aromatic rings. The number of hydrogen-bond acceptors (Lipinski definition) is 3. The Morgan fingerprint density at radius 1 is 1.39 bits per heavy atom. The van der Waals surface area contributed by atoms with Gasteiger partial charge in [0.2, 0.25) is 0 Å². The molecule has 0 aliphatic heterocycles. The third-order valence-electron chi connectivity index (χ3n) is 2.85. The molecular formula is C14H17FN2S. The fraction of sp³-hybridized carbons (Fsp3) is 0.357. The normalized spacial score (nSPS) is 14.4. The summed E-state index contributed by atoms with van der Waals surface area (Å²) in [6, 6.07) is 6.18. The van der Waals surface area contributed by atoms with E-state index in [0.29, 0.717) is 6.04 Å². The Kier molecular flexibility index (Phi) is 4.44. The van der Waals surface area contributed by atoms with Crippen LogP contribution in [0.5, 0.6) is 0 Å². The smallest absolute Gasteiger partial charge is 0.141 e. The van der Waals surface area contributed by atoms with Crippen LogP contribution in [0.25, 0.3) is 0 Å². The first-order valence-electron chi connectivity index (χ1n) is 6.04. The van der Waals surface area contributed by atoms with E-state index in [0.717, 1.165) is 12.0 Å². The summed E-state index contributed by atoms with van der Waals surface area (Å²) in [7, 11) is 0. The van der Waals surface area contributed by atoms with Crippen LogP contribution in [0, 0.1) is 5.82 Å². The first kappa shape index (κ1) is 13.2. The maximum Gasteiger partial charge on any atom is 0.141 e. The second-order valence-electron chi connectivity index (χ2n) is 4.51. The lowest BCUT2D eigenvalue weighted by Gasteiger charge is -2.19. The van der Waals surface area contributed by atoms with E-state index in [1.165, 1.54) is 17.1 Å². The van der Waals surface area contributed by atoms with E-state index < -0.39 is 0 Å². The highest BCUT2D eigenvalue weighted by atomic mass is 32.1. The molecule has 0 aromatic carbocycles. The van der Waals surface area contributed by atoms with Crippen LogP contribution in [-0.4, -0.2) is 11.0 Å². The van der Waals surface area contributed by atoms with E-state index in [1.807, 2.05) is 6.92 Å². The van der Waals surface area contributed by atoms with Crippen LogP contribution in [0.1, 0.15) is 30.3 Å². The van der Waals surface area contributed by atoms with Crippen molar-refractivity contribution in [2.75, 3.05) is 0 Å². The Morgan fingerprint density at radius 2 is 2.22 bits per heavy atom. The minimum absolute atomic E-state index is 0.100. The quantitative estimate of drug-likeness (QED) is 0.893. The molecule has 0 spiro atoms. The molecule has 0 amide bonds. The Hall–Kier alpha value is -1.26. The predicted molar refractivity (Wildman–Crippen MR) is 73.2 cm³/mol. The van der Waals surface area contributed by atoms with Crippen molar-refractivity contribution in [3.8, 4) is 0 Å². The Balaban J connectivity index is 1.92. The Labute approximate surface area is 111 Å². The zero-order chi connectivity index (χ0) is 13.0. The predicted octanol–water partition coefficient (Wildman–Crippen LogP) is 3.56. The second-order valence-corrected chi connectivity index (χ2v) is 5.54. The van der Waals surface area contributed by atoms with Gasteiger partial charge in [-0.05, 0) is 43.3 Å². The van der Waals surface area contributed by atoms with Crippen molar-refractivity contribution < 1.29 is 4.39 Å². The molecule has 4 heteroatoms.